The van der Waals surface area contributed by atoms with Gasteiger partial charge in [0.25, 0.3) is 5.91 Å². The summed E-state index contributed by atoms with van der Waals surface area (Å²) in [5, 5.41) is 4.48. The normalized spacial score (nSPS) is 10.8. The molecule has 0 unspecified atom stereocenters. The first-order valence-corrected chi connectivity index (χ1v) is 8.73. The van der Waals surface area contributed by atoms with Crippen molar-refractivity contribution in [2.45, 2.75) is 6.92 Å². The Kier molecular flexibility index (Phi) is 4.57. The molecule has 1 amide bonds. The van der Waals surface area contributed by atoms with Crippen LogP contribution in [0.5, 0.6) is 0 Å². The summed E-state index contributed by atoms with van der Waals surface area (Å²) in [5.41, 5.74) is 3.06. The SMILES string of the molecule is Cc1ccc(F)cc1-c1ccc2cc(NC(=O)c3ccc(F)cc3)ncc2c1. The molecule has 138 valence electrons. The van der Waals surface area contributed by atoms with Crippen molar-refractivity contribution in [1.29, 1.82) is 0 Å². The predicted octanol–water partition coefficient (Wildman–Crippen LogP) is 5.74. The Labute approximate surface area is 160 Å². The van der Waals surface area contributed by atoms with Gasteiger partial charge in [0, 0.05) is 17.1 Å². The van der Waals surface area contributed by atoms with Crippen molar-refractivity contribution >= 4 is 22.5 Å². The first-order valence-electron chi connectivity index (χ1n) is 8.73. The molecule has 3 aromatic carbocycles. The molecule has 0 radical (unpaired) electrons. The van der Waals surface area contributed by atoms with Gasteiger partial charge >= 0.3 is 0 Å². The number of carbonyl (C=O) groups excluding carboxylic acids is 1. The molecule has 5 heteroatoms. The minimum absolute atomic E-state index is 0.280. The molecule has 0 atom stereocenters. The molecule has 3 nitrogen and oxygen atoms in total. The number of fused-ring (bicyclic) bond motifs is 1. The van der Waals surface area contributed by atoms with Crippen molar-refractivity contribution < 1.29 is 13.6 Å². The number of rotatable bonds is 3. The Morgan fingerprint density at radius 3 is 2.39 bits per heavy atom. The second-order valence-corrected chi connectivity index (χ2v) is 6.55. The first-order chi connectivity index (χ1) is 13.5. The smallest absolute Gasteiger partial charge is 0.256 e. The molecule has 1 N–H and O–H groups in total. The van der Waals surface area contributed by atoms with Crippen molar-refractivity contribution in [3.8, 4) is 11.1 Å². The molecule has 0 saturated heterocycles. The third-order valence-electron chi connectivity index (χ3n) is 4.58. The molecule has 4 aromatic rings. The lowest BCUT2D eigenvalue weighted by molar-refractivity contribution is 0.102. The highest BCUT2D eigenvalue weighted by Crippen LogP contribution is 2.28. The van der Waals surface area contributed by atoms with Crippen LogP contribution in [0.2, 0.25) is 0 Å². The number of amides is 1. The predicted molar refractivity (Wildman–Crippen MR) is 106 cm³/mol. The van der Waals surface area contributed by atoms with Gasteiger partial charge < -0.3 is 5.32 Å². The number of aryl methyl sites for hydroxylation is 1. The molecule has 28 heavy (non-hydrogen) atoms. The highest BCUT2D eigenvalue weighted by atomic mass is 19.1. The molecule has 0 fully saturated rings. The summed E-state index contributed by atoms with van der Waals surface area (Å²) in [6.45, 7) is 1.94. The average Bonchev–Trinajstić information content (AvgIpc) is 2.70. The summed E-state index contributed by atoms with van der Waals surface area (Å²) in [5.74, 6) is -0.641. The summed E-state index contributed by atoms with van der Waals surface area (Å²) in [4.78, 5) is 16.5. The summed E-state index contributed by atoms with van der Waals surface area (Å²) < 4.78 is 26.6. The molecule has 0 spiro atoms. The molecule has 1 aromatic heterocycles. The van der Waals surface area contributed by atoms with Crippen molar-refractivity contribution in [3.05, 3.63) is 95.7 Å². The number of hydrogen-bond donors (Lipinski definition) is 1. The van der Waals surface area contributed by atoms with Crippen LogP contribution >= 0.6 is 0 Å². The molecular formula is C23H16F2N2O. The highest BCUT2D eigenvalue weighted by molar-refractivity contribution is 6.04. The van der Waals surface area contributed by atoms with Gasteiger partial charge in [-0.2, -0.15) is 0 Å². The van der Waals surface area contributed by atoms with E-state index in [0.29, 0.717) is 11.4 Å². The van der Waals surface area contributed by atoms with E-state index in [9.17, 15) is 13.6 Å². The van der Waals surface area contributed by atoms with E-state index in [1.165, 1.54) is 36.4 Å². The molecule has 0 aliphatic heterocycles. The molecule has 0 saturated carbocycles. The standard InChI is InChI=1S/C23H16F2N2O/c1-14-2-7-20(25)12-21(14)17-4-3-16-11-22(26-13-18(16)10-17)27-23(28)15-5-8-19(24)9-6-15/h2-13H,1H3,(H,26,27,28). The number of nitrogens with zero attached hydrogens (tertiary/aromatic N) is 1. The van der Waals surface area contributed by atoms with Gasteiger partial charge in [-0.05, 0) is 77.5 Å². The van der Waals surface area contributed by atoms with E-state index in [0.717, 1.165) is 27.5 Å². The maximum absolute atomic E-state index is 13.6. The summed E-state index contributed by atoms with van der Waals surface area (Å²) in [7, 11) is 0. The fraction of sp³-hybridized carbons (Fsp3) is 0.0435. The Hall–Kier alpha value is -3.60. The van der Waals surface area contributed by atoms with E-state index in [1.54, 1.807) is 18.3 Å². The summed E-state index contributed by atoms with van der Waals surface area (Å²) in [6.07, 6.45) is 1.66. The molecule has 4 rings (SSSR count). The summed E-state index contributed by atoms with van der Waals surface area (Å²) >= 11 is 0. The van der Waals surface area contributed by atoms with Crippen molar-refractivity contribution in [3.63, 3.8) is 0 Å². The Bertz CT molecular complexity index is 1190. The van der Waals surface area contributed by atoms with E-state index in [4.69, 9.17) is 0 Å². The minimum Gasteiger partial charge on any atom is -0.307 e. The van der Waals surface area contributed by atoms with Gasteiger partial charge in [0.1, 0.15) is 17.5 Å². The molecule has 0 aliphatic carbocycles. The lowest BCUT2D eigenvalue weighted by Crippen LogP contribution is -2.12. The van der Waals surface area contributed by atoms with E-state index in [1.807, 2.05) is 25.1 Å². The van der Waals surface area contributed by atoms with Gasteiger partial charge in [0.05, 0.1) is 0 Å². The number of carbonyl (C=O) groups is 1. The quantitative estimate of drug-likeness (QED) is 0.497. The lowest BCUT2D eigenvalue weighted by Gasteiger charge is -2.09. The molecule has 1 heterocycles. The van der Waals surface area contributed by atoms with Crippen molar-refractivity contribution in [1.82, 2.24) is 4.98 Å². The molecule has 0 aliphatic rings. The number of aromatic nitrogens is 1. The highest BCUT2D eigenvalue weighted by Gasteiger charge is 2.09. The second-order valence-electron chi connectivity index (χ2n) is 6.55. The van der Waals surface area contributed by atoms with Crippen LogP contribution in [0.4, 0.5) is 14.6 Å². The van der Waals surface area contributed by atoms with E-state index >= 15 is 0 Å². The van der Waals surface area contributed by atoms with Crippen LogP contribution in [0.3, 0.4) is 0 Å². The van der Waals surface area contributed by atoms with Gasteiger partial charge in [0.2, 0.25) is 0 Å². The van der Waals surface area contributed by atoms with Crippen LogP contribution in [-0.2, 0) is 0 Å². The van der Waals surface area contributed by atoms with Crippen LogP contribution in [0.15, 0.2) is 72.9 Å². The zero-order valence-electron chi connectivity index (χ0n) is 15.0. The van der Waals surface area contributed by atoms with Gasteiger partial charge in [-0.1, -0.05) is 18.2 Å². The summed E-state index contributed by atoms with van der Waals surface area (Å²) in [6, 6.07) is 17.5. The second kappa shape index (κ2) is 7.19. The Morgan fingerprint density at radius 2 is 1.61 bits per heavy atom. The number of hydrogen-bond acceptors (Lipinski definition) is 2. The molecule has 0 bridgehead atoms. The fourth-order valence-corrected chi connectivity index (χ4v) is 3.07. The maximum Gasteiger partial charge on any atom is 0.256 e. The van der Waals surface area contributed by atoms with E-state index in [2.05, 4.69) is 10.3 Å². The van der Waals surface area contributed by atoms with Gasteiger partial charge in [-0.3, -0.25) is 4.79 Å². The van der Waals surface area contributed by atoms with Crippen molar-refractivity contribution in [2.75, 3.05) is 5.32 Å². The third-order valence-corrected chi connectivity index (χ3v) is 4.58. The Morgan fingerprint density at radius 1 is 0.857 bits per heavy atom. The topological polar surface area (TPSA) is 42.0 Å². The van der Waals surface area contributed by atoms with Crippen LogP contribution in [0.1, 0.15) is 15.9 Å². The van der Waals surface area contributed by atoms with Gasteiger partial charge in [0.15, 0.2) is 0 Å². The third kappa shape index (κ3) is 3.60. The van der Waals surface area contributed by atoms with Gasteiger partial charge in [-0.25, -0.2) is 13.8 Å². The zero-order chi connectivity index (χ0) is 19.7. The average molecular weight is 374 g/mol. The number of pyridine rings is 1. The lowest BCUT2D eigenvalue weighted by atomic mass is 9.98. The largest absolute Gasteiger partial charge is 0.307 e. The fourth-order valence-electron chi connectivity index (χ4n) is 3.07. The minimum atomic E-state index is -0.398. The number of anilines is 1. The molecular weight excluding hydrogens is 358 g/mol. The van der Waals surface area contributed by atoms with Crippen LogP contribution < -0.4 is 5.32 Å². The van der Waals surface area contributed by atoms with Crippen LogP contribution in [-0.4, -0.2) is 10.9 Å². The maximum atomic E-state index is 13.6. The number of halogens is 2. The monoisotopic (exact) mass is 374 g/mol. The number of nitrogens with one attached hydrogen (secondary N) is 1. The van der Waals surface area contributed by atoms with Gasteiger partial charge in [-0.15, -0.1) is 0 Å². The van der Waals surface area contributed by atoms with E-state index in [-0.39, 0.29) is 11.7 Å². The van der Waals surface area contributed by atoms with Crippen molar-refractivity contribution in [2.24, 2.45) is 0 Å². The van der Waals surface area contributed by atoms with Crippen LogP contribution in [0.25, 0.3) is 21.9 Å². The number of benzene rings is 3. The Balaban J connectivity index is 1.62. The van der Waals surface area contributed by atoms with E-state index < -0.39 is 5.82 Å². The van der Waals surface area contributed by atoms with Crippen LogP contribution in [0, 0.1) is 18.6 Å². The zero-order valence-corrected chi connectivity index (χ0v) is 15.0. The first kappa shape index (κ1) is 17.8.